The summed E-state index contributed by atoms with van der Waals surface area (Å²) >= 11 is 0. The van der Waals surface area contributed by atoms with Crippen LogP contribution in [-0.4, -0.2) is 7.11 Å². The second kappa shape index (κ2) is 17.8. The van der Waals surface area contributed by atoms with Crippen molar-refractivity contribution >= 4 is 0 Å². The molecule has 4 aromatic rings. The van der Waals surface area contributed by atoms with Gasteiger partial charge in [-0.15, -0.1) is 0 Å². The van der Waals surface area contributed by atoms with Crippen LogP contribution in [-0.2, 0) is 22.2 Å². The molecule has 1 nitrogen and oxygen atoms in total. The van der Waals surface area contributed by atoms with E-state index in [2.05, 4.69) is 117 Å². The van der Waals surface area contributed by atoms with E-state index in [4.69, 9.17) is 4.74 Å². The summed E-state index contributed by atoms with van der Waals surface area (Å²) in [6.07, 6.45) is 21.2. The molecule has 0 saturated carbocycles. The van der Waals surface area contributed by atoms with Crippen LogP contribution >= 0.6 is 0 Å². The molecule has 1 heteroatoms. The summed E-state index contributed by atoms with van der Waals surface area (Å²) in [5.74, 6) is 0. The molecule has 0 fully saturated rings. The minimum Gasteiger partial charge on any atom is -0.372 e. The summed E-state index contributed by atoms with van der Waals surface area (Å²) in [5, 5.41) is 0. The van der Waals surface area contributed by atoms with Gasteiger partial charge in [0.1, 0.15) is 5.60 Å². The van der Waals surface area contributed by atoms with Gasteiger partial charge in [0.2, 0.25) is 0 Å². The number of rotatable bonds is 21. The highest BCUT2D eigenvalue weighted by Gasteiger charge is 2.55. The van der Waals surface area contributed by atoms with Gasteiger partial charge in [-0.1, -0.05) is 207 Å². The van der Waals surface area contributed by atoms with Crippen molar-refractivity contribution in [1.29, 1.82) is 0 Å². The maximum atomic E-state index is 7.28. The summed E-state index contributed by atoms with van der Waals surface area (Å²) in [6.45, 7) is 4.62. The molecule has 0 spiro atoms. The Morgan fingerprint density at radius 3 is 1.55 bits per heavy atom. The number of ether oxygens (including phenoxy) is 1. The third kappa shape index (κ3) is 7.78. The Balaban J connectivity index is 1.64. The summed E-state index contributed by atoms with van der Waals surface area (Å²) in [5.41, 5.74) is 9.00. The average Bonchev–Trinajstić information content (AvgIpc) is 3.51. The zero-order chi connectivity index (χ0) is 32.8. The van der Waals surface area contributed by atoms with E-state index >= 15 is 0 Å². The molecule has 1 aliphatic carbocycles. The topological polar surface area (TPSA) is 9.23 Å². The van der Waals surface area contributed by atoms with Crippen molar-refractivity contribution in [2.45, 2.75) is 134 Å². The first kappa shape index (κ1) is 35.2. The van der Waals surface area contributed by atoms with E-state index in [0.717, 1.165) is 25.7 Å². The molecule has 0 radical (unpaired) electrons. The second-order valence-electron chi connectivity index (χ2n) is 14.1. The fraction of sp³-hybridized carbons (Fsp3) is 0.478. The molecule has 0 aromatic heterocycles. The molecule has 47 heavy (non-hydrogen) atoms. The van der Waals surface area contributed by atoms with Crippen LogP contribution in [0, 0.1) is 0 Å². The molecule has 5 rings (SSSR count). The maximum Gasteiger partial charge on any atom is 0.107 e. The Morgan fingerprint density at radius 1 is 0.489 bits per heavy atom. The highest BCUT2D eigenvalue weighted by molar-refractivity contribution is 5.78. The van der Waals surface area contributed by atoms with Crippen molar-refractivity contribution in [3.8, 4) is 11.1 Å². The van der Waals surface area contributed by atoms with Gasteiger partial charge in [-0.25, -0.2) is 0 Å². The van der Waals surface area contributed by atoms with E-state index in [9.17, 15) is 0 Å². The molecular weight excluding hydrogens is 569 g/mol. The number of hydrogen-bond donors (Lipinski definition) is 0. The van der Waals surface area contributed by atoms with Gasteiger partial charge in [0.05, 0.1) is 5.41 Å². The smallest absolute Gasteiger partial charge is 0.107 e. The molecule has 250 valence electrons. The number of methoxy groups -OCH3 is 1. The Kier molecular flexibility index (Phi) is 13.3. The first-order valence-corrected chi connectivity index (χ1v) is 19.1. The molecule has 0 aliphatic heterocycles. The van der Waals surface area contributed by atoms with Gasteiger partial charge in [-0.2, -0.15) is 0 Å². The molecule has 4 aromatic carbocycles. The quantitative estimate of drug-likeness (QED) is 0.0735. The molecule has 0 saturated heterocycles. The Bertz CT molecular complexity index is 1430. The van der Waals surface area contributed by atoms with Crippen LogP contribution in [0.4, 0.5) is 0 Å². The standard InChI is InChI=1S/C46H60O/c1-4-6-8-10-12-13-15-25-36-46(47-3,44-34-26-33-42-41-32-23-22-27-38(41)37-43(42)44)45(39-28-18-16-19-29-39,40-30-20-17-21-31-40)35-24-14-11-9-7-5-2/h16-23,26-34H,4-15,24-25,35-37H2,1-3H3. The lowest BCUT2D eigenvalue weighted by Crippen LogP contribution is -2.52. The fourth-order valence-corrected chi connectivity index (χ4v) is 8.75. The third-order valence-corrected chi connectivity index (χ3v) is 11.1. The molecule has 1 aliphatic rings. The van der Waals surface area contributed by atoms with Gasteiger partial charge in [-0.05, 0) is 58.2 Å². The first-order valence-electron chi connectivity index (χ1n) is 19.1. The molecule has 1 unspecified atom stereocenters. The highest BCUT2D eigenvalue weighted by atomic mass is 16.5. The van der Waals surface area contributed by atoms with E-state index in [1.807, 2.05) is 7.11 Å². The Hall–Kier alpha value is -3.16. The van der Waals surface area contributed by atoms with E-state index in [1.54, 1.807) is 0 Å². The summed E-state index contributed by atoms with van der Waals surface area (Å²) in [7, 11) is 2.02. The Morgan fingerprint density at radius 2 is 0.979 bits per heavy atom. The van der Waals surface area contributed by atoms with Crippen LogP contribution < -0.4 is 0 Å². The van der Waals surface area contributed by atoms with Gasteiger partial charge >= 0.3 is 0 Å². The van der Waals surface area contributed by atoms with Crippen molar-refractivity contribution < 1.29 is 4.74 Å². The van der Waals surface area contributed by atoms with Crippen LogP contribution in [0.3, 0.4) is 0 Å². The predicted molar refractivity (Wildman–Crippen MR) is 202 cm³/mol. The van der Waals surface area contributed by atoms with Gasteiger partial charge < -0.3 is 4.74 Å². The Labute approximate surface area is 287 Å². The van der Waals surface area contributed by atoms with Gasteiger partial charge in [0.25, 0.3) is 0 Å². The normalized spacial score (nSPS) is 13.7. The maximum absolute atomic E-state index is 7.28. The van der Waals surface area contributed by atoms with E-state index in [-0.39, 0.29) is 5.41 Å². The first-order chi connectivity index (χ1) is 23.2. The largest absolute Gasteiger partial charge is 0.372 e. The second-order valence-corrected chi connectivity index (χ2v) is 14.1. The number of benzene rings is 4. The van der Waals surface area contributed by atoms with Crippen molar-refractivity contribution in [2.24, 2.45) is 0 Å². The van der Waals surface area contributed by atoms with Crippen LogP contribution in [0.5, 0.6) is 0 Å². The molecular formula is C46H60O. The minimum absolute atomic E-state index is 0.333. The third-order valence-electron chi connectivity index (χ3n) is 11.1. The van der Waals surface area contributed by atoms with E-state index < -0.39 is 5.60 Å². The summed E-state index contributed by atoms with van der Waals surface area (Å²) < 4.78 is 7.28. The summed E-state index contributed by atoms with van der Waals surface area (Å²) in [6, 6.07) is 39.0. The van der Waals surface area contributed by atoms with Crippen molar-refractivity contribution in [2.75, 3.05) is 7.11 Å². The molecule has 0 heterocycles. The zero-order valence-corrected chi connectivity index (χ0v) is 29.7. The average molecular weight is 629 g/mol. The molecule has 1 atom stereocenters. The molecule has 0 N–H and O–H groups in total. The lowest BCUT2D eigenvalue weighted by Gasteiger charge is -2.52. The van der Waals surface area contributed by atoms with Gasteiger partial charge in [0, 0.05) is 7.11 Å². The number of fused-ring (bicyclic) bond motifs is 3. The van der Waals surface area contributed by atoms with Crippen LogP contribution in [0.25, 0.3) is 11.1 Å². The van der Waals surface area contributed by atoms with Crippen molar-refractivity contribution in [3.05, 3.63) is 131 Å². The van der Waals surface area contributed by atoms with Crippen molar-refractivity contribution in [1.82, 2.24) is 0 Å². The molecule has 0 amide bonds. The van der Waals surface area contributed by atoms with Crippen LogP contribution in [0.1, 0.15) is 144 Å². The van der Waals surface area contributed by atoms with Crippen LogP contribution in [0.2, 0.25) is 0 Å². The van der Waals surface area contributed by atoms with Crippen molar-refractivity contribution in [3.63, 3.8) is 0 Å². The van der Waals surface area contributed by atoms with Gasteiger partial charge in [0.15, 0.2) is 0 Å². The summed E-state index contributed by atoms with van der Waals surface area (Å²) in [4.78, 5) is 0. The number of unbranched alkanes of at least 4 members (excludes halogenated alkanes) is 12. The lowest BCUT2D eigenvalue weighted by atomic mass is 9.56. The fourth-order valence-electron chi connectivity index (χ4n) is 8.75. The number of hydrogen-bond acceptors (Lipinski definition) is 1. The monoisotopic (exact) mass is 628 g/mol. The molecule has 0 bridgehead atoms. The van der Waals surface area contributed by atoms with E-state index in [1.165, 1.54) is 122 Å². The highest BCUT2D eigenvalue weighted by Crippen LogP contribution is 2.57. The SMILES string of the molecule is CCCCCCCCCCC(OC)(c1cccc2c1Cc1ccccc1-2)C(CCCCCCCC)(c1ccccc1)c1ccccc1. The zero-order valence-electron chi connectivity index (χ0n) is 29.7. The predicted octanol–water partition coefficient (Wildman–Crippen LogP) is 13.4. The minimum atomic E-state index is -0.519. The van der Waals surface area contributed by atoms with E-state index in [0.29, 0.717) is 0 Å². The van der Waals surface area contributed by atoms with Crippen LogP contribution in [0.15, 0.2) is 103 Å². The van der Waals surface area contributed by atoms with Gasteiger partial charge in [-0.3, -0.25) is 0 Å². The lowest BCUT2D eigenvalue weighted by molar-refractivity contribution is -0.0818.